The number of unbranched alkanes of at least 4 members (excludes halogenated alkanes) is 21. The van der Waals surface area contributed by atoms with E-state index in [-0.39, 0.29) is 6.09 Å². The number of hydrogen-bond acceptors (Lipinski definition) is 2. The van der Waals surface area contributed by atoms with E-state index >= 15 is 0 Å². The lowest BCUT2D eigenvalue weighted by molar-refractivity contribution is 0.0994. The Labute approximate surface area is 208 Å². The number of amides is 1. The fraction of sp³-hybridized carbons (Fsp3) is 0.967. The molecule has 0 fully saturated rings. The van der Waals surface area contributed by atoms with Crippen molar-refractivity contribution in [1.29, 1.82) is 0 Å². The Morgan fingerprint density at radius 3 is 1.18 bits per heavy atom. The number of nitrogens with zero attached hydrogens (tertiary/aromatic N) is 1. The summed E-state index contributed by atoms with van der Waals surface area (Å²) in [6.07, 6.45) is 30.7. The third-order valence-electron chi connectivity index (χ3n) is 6.70. The smallest absolute Gasteiger partial charge is 0.409 e. The van der Waals surface area contributed by atoms with E-state index < -0.39 is 0 Å². The highest BCUT2D eigenvalue weighted by molar-refractivity contribution is 5.67. The number of carbonyl (C=O) groups excluding carboxylic acids is 1. The lowest BCUT2D eigenvalue weighted by Gasteiger charge is -2.17. The molecule has 0 spiro atoms. The lowest BCUT2D eigenvalue weighted by atomic mass is 10.0. The molecule has 0 saturated carbocycles. The van der Waals surface area contributed by atoms with Crippen molar-refractivity contribution in [3.8, 4) is 0 Å². The molecule has 0 heterocycles. The zero-order valence-corrected chi connectivity index (χ0v) is 23.3. The first-order chi connectivity index (χ1) is 16.1. The molecule has 0 aliphatic rings. The van der Waals surface area contributed by atoms with E-state index in [1.54, 1.807) is 4.90 Å². The van der Waals surface area contributed by atoms with Crippen LogP contribution in [0.4, 0.5) is 4.79 Å². The lowest BCUT2D eigenvalue weighted by Crippen LogP contribution is -2.29. The van der Waals surface area contributed by atoms with Crippen LogP contribution in [0.25, 0.3) is 0 Å². The Morgan fingerprint density at radius 2 is 0.879 bits per heavy atom. The molecule has 33 heavy (non-hydrogen) atoms. The van der Waals surface area contributed by atoms with E-state index in [0.717, 1.165) is 13.0 Å². The molecular weight excluding hydrogens is 406 g/mol. The van der Waals surface area contributed by atoms with Crippen molar-refractivity contribution < 1.29 is 9.53 Å². The summed E-state index contributed by atoms with van der Waals surface area (Å²) in [7, 11) is 1.85. The highest BCUT2D eigenvalue weighted by Crippen LogP contribution is 2.15. The molecule has 0 bridgehead atoms. The van der Waals surface area contributed by atoms with Gasteiger partial charge in [0.1, 0.15) is 0 Å². The molecule has 0 aliphatic heterocycles. The van der Waals surface area contributed by atoms with Gasteiger partial charge in [-0.1, -0.05) is 156 Å². The minimum Gasteiger partial charge on any atom is -0.449 e. The van der Waals surface area contributed by atoms with Gasteiger partial charge in [0.15, 0.2) is 0 Å². The number of hydrogen-bond donors (Lipinski definition) is 0. The third-order valence-corrected chi connectivity index (χ3v) is 6.70. The van der Waals surface area contributed by atoms with Crippen molar-refractivity contribution >= 4 is 6.09 Å². The molecule has 0 rings (SSSR count). The van der Waals surface area contributed by atoms with Gasteiger partial charge in [-0.3, -0.25) is 0 Å². The quantitative estimate of drug-likeness (QED) is 0.125. The number of carbonyl (C=O) groups is 1. The Hall–Kier alpha value is -0.730. The molecule has 3 heteroatoms. The van der Waals surface area contributed by atoms with Gasteiger partial charge in [0.2, 0.25) is 0 Å². The topological polar surface area (TPSA) is 29.5 Å². The molecule has 0 unspecified atom stereocenters. The Balaban J connectivity index is 3.16. The second-order valence-corrected chi connectivity index (χ2v) is 10.8. The van der Waals surface area contributed by atoms with Crippen molar-refractivity contribution in [2.24, 2.45) is 5.92 Å². The standard InChI is InChI=1S/C30H61NO2/c1-5-6-7-8-9-10-11-12-13-14-15-16-17-18-19-20-21-22-23-24-25-26-27-31(4)30(32)33-28-29(2)3/h29H,5-28H2,1-4H3. The fourth-order valence-electron chi connectivity index (χ4n) is 4.40. The normalized spacial score (nSPS) is 11.3. The van der Waals surface area contributed by atoms with Gasteiger partial charge in [0.05, 0.1) is 6.61 Å². The van der Waals surface area contributed by atoms with Crippen molar-refractivity contribution in [2.75, 3.05) is 20.2 Å². The third kappa shape index (κ3) is 25.7. The Kier molecular flexibility index (Phi) is 25.3. The van der Waals surface area contributed by atoms with E-state index in [0.29, 0.717) is 12.5 Å². The second kappa shape index (κ2) is 25.9. The zero-order chi connectivity index (χ0) is 24.4. The van der Waals surface area contributed by atoms with Crippen LogP contribution in [0.5, 0.6) is 0 Å². The summed E-state index contributed by atoms with van der Waals surface area (Å²) >= 11 is 0. The van der Waals surface area contributed by atoms with Crippen LogP contribution < -0.4 is 0 Å². The van der Waals surface area contributed by atoms with E-state index in [1.165, 1.54) is 135 Å². The second-order valence-electron chi connectivity index (χ2n) is 10.8. The van der Waals surface area contributed by atoms with Gasteiger partial charge in [-0.25, -0.2) is 4.79 Å². The Bertz CT molecular complexity index is 397. The predicted molar refractivity (Wildman–Crippen MR) is 146 cm³/mol. The van der Waals surface area contributed by atoms with E-state index in [4.69, 9.17) is 4.74 Å². The van der Waals surface area contributed by atoms with Gasteiger partial charge in [-0.15, -0.1) is 0 Å². The maximum Gasteiger partial charge on any atom is 0.409 e. The van der Waals surface area contributed by atoms with E-state index in [2.05, 4.69) is 20.8 Å². The van der Waals surface area contributed by atoms with Crippen LogP contribution in [0.15, 0.2) is 0 Å². The van der Waals surface area contributed by atoms with Gasteiger partial charge >= 0.3 is 6.09 Å². The first kappa shape index (κ1) is 32.3. The minimum atomic E-state index is -0.174. The van der Waals surface area contributed by atoms with Crippen LogP contribution in [-0.4, -0.2) is 31.2 Å². The van der Waals surface area contributed by atoms with E-state index in [1.807, 2.05) is 7.05 Å². The summed E-state index contributed by atoms with van der Waals surface area (Å²) in [4.78, 5) is 13.5. The Morgan fingerprint density at radius 1 is 0.576 bits per heavy atom. The average molecular weight is 468 g/mol. The summed E-state index contributed by atoms with van der Waals surface area (Å²) in [6.45, 7) is 7.75. The van der Waals surface area contributed by atoms with Crippen LogP contribution >= 0.6 is 0 Å². The first-order valence-electron chi connectivity index (χ1n) is 15.0. The van der Waals surface area contributed by atoms with Gasteiger partial charge < -0.3 is 9.64 Å². The van der Waals surface area contributed by atoms with Gasteiger partial charge in [-0.05, 0) is 12.3 Å². The fourth-order valence-corrected chi connectivity index (χ4v) is 4.40. The molecule has 0 aromatic rings. The summed E-state index contributed by atoms with van der Waals surface area (Å²) in [5.41, 5.74) is 0. The van der Waals surface area contributed by atoms with Crippen LogP contribution in [0.2, 0.25) is 0 Å². The molecule has 0 aliphatic carbocycles. The highest BCUT2D eigenvalue weighted by atomic mass is 16.6. The molecule has 0 atom stereocenters. The maximum absolute atomic E-state index is 11.8. The number of rotatable bonds is 25. The molecule has 0 radical (unpaired) electrons. The summed E-state index contributed by atoms with van der Waals surface area (Å²) in [5.74, 6) is 0.400. The van der Waals surface area contributed by atoms with Crippen molar-refractivity contribution in [2.45, 2.75) is 162 Å². The average Bonchev–Trinajstić information content (AvgIpc) is 2.80. The van der Waals surface area contributed by atoms with Crippen LogP contribution in [0, 0.1) is 5.92 Å². The molecule has 0 saturated heterocycles. The molecule has 0 aromatic heterocycles. The number of ether oxygens (including phenoxy) is 1. The highest BCUT2D eigenvalue weighted by Gasteiger charge is 2.09. The van der Waals surface area contributed by atoms with E-state index in [9.17, 15) is 4.79 Å². The molecule has 198 valence electrons. The summed E-state index contributed by atoms with van der Waals surface area (Å²) in [5, 5.41) is 0. The largest absolute Gasteiger partial charge is 0.449 e. The maximum atomic E-state index is 11.8. The van der Waals surface area contributed by atoms with Gasteiger partial charge in [0.25, 0.3) is 0 Å². The monoisotopic (exact) mass is 467 g/mol. The summed E-state index contributed by atoms with van der Waals surface area (Å²) in [6, 6.07) is 0. The van der Waals surface area contributed by atoms with Gasteiger partial charge in [0, 0.05) is 13.6 Å². The predicted octanol–water partition coefficient (Wildman–Crippen LogP) is 10.3. The van der Waals surface area contributed by atoms with Crippen LogP contribution in [0.1, 0.15) is 162 Å². The summed E-state index contributed by atoms with van der Waals surface area (Å²) < 4.78 is 5.25. The molecule has 0 N–H and O–H groups in total. The van der Waals surface area contributed by atoms with Crippen LogP contribution in [-0.2, 0) is 4.74 Å². The molecular formula is C30H61NO2. The van der Waals surface area contributed by atoms with Crippen molar-refractivity contribution in [3.63, 3.8) is 0 Å². The molecule has 1 amide bonds. The first-order valence-corrected chi connectivity index (χ1v) is 15.0. The van der Waals surface area contributed by atoms with Crippen LogP contribution in [0.3, 0.4) is 0 Å². The van der Waals surface area contributed by atoms with Crippen molar-refractivity contribution in [1.82, 2.24) is 4.90 Å². The molecule has 3 nitrogen and oxygen atoms in total. The zero-order valence-electron chi connectivity index (χ0n) is 23.3. The molecule has 0 aromatic carbocycles. The SMILES string of the molecule is CCCCCCCCCCCCCCCCCCCCCCCCN(C)C(=O)OCC(C)C. The minimum absolute atomic E-state index is 0.174. The van der Waals surface area contributed by atoms with Gasteiger partial charge in [-0.2, -0.15) is 0 Å². The van der Waals surface area contributed by atoms with Crippen molar-refractivity contribution in [3.05, 3.63) is 0 Å².